The third-order valence-corrected chi connectivity index (χ3v) is 10.1. The van der Waals surface area contributed by atoms with Crippen molar-refractivity contribution < 1.29 is 18.1 Å². The summed E-state index contributed by atoms with van der Waals surface area (Å²) in [4.78, 5) is 27.1. The number of sulfonamides is 1. The van der Waals surface area contributed by atoms with E-state index in [2.05, 4.69) is 0 Å². The zero-order chi connectivity index (χ0) is 27.3. The monoisotopic (exact) mass is 575 g/mol. The van der Waals surface area contributed by atoms with E-state index in [4.69, 9.17) is 11.6 Å². The first kappa shape index (κ1) is 28.2. The van der Waals surface area contributed by atoms with Crippen molar-refractivity contribution in [2.45, 2.75) is 63.1 Å². The van der Waals surface area contributed by atoms with Gasteiger partial charge in [0.15, 0.2) is 0 Å². The second-order valence-corrected chi connectivity index (χ2v) is 12.8. The first-order chi connectivity index (χ1) is 18.2. The fourth-order valence-corrected chi connectivity index (χ4v) is 7.48. The van der Waals surface area contributed by atoms with E-state index in [1.807, 2.05) is 48.7 Å². The van der Waals surface area contributed by atoms with Crippen molar-refractivity contribution in [2.75, 3.05) is 6.54 Å². The third-order valence-electron chi connectivity index (χ3n) is 6.87. The molecule has 0 unspecified atom stereocenters. The van der Waals surface area contributed by atoms with Crippen LogP contribution in [0.2, 0.25) is 5.02 Å². The molecule has 1 saturated carbocycles. The molecule has 0 atom stereocenters. The Morgan fingerprint density at radius 2 is 1.79 bits per heavy atom. The number of rotatable bonds is 10. The normalized spacial score (nSPS) is 14.5. The van der Waals surface area contributed by atoms with Gasteiger partial charge in [0.1, 0.15) is 5.02 Å². The summed E-state index contributed by atoms with van der Waals surface area (Å²) in [6.45, 7) is 2.34. The topological polar surface area (TPSA) is 101 Å². The quantitative estimate of drug-likeness (QED) is 0.212. The Balaban J connectivity index is 1.68. The van der Waals surface area contributed by atoms with Crippen molar-refractivity contribution in [2.24, 2.45) is 0 Å². The van der Waals surface area contributed by atoms with E-state index in [-0.39, 0.29) is 28.4 Å². The van der Waals surface area contributed by atoms with E-state index >= 15 is 0 Å². The zero-order valence-electron chi connectivity index (χ0n) is 21.1. The number of benzene rings is 2. The van der Waals surface area contributed by atoms with E-state index in [0.29, 0.717) is 25.9 Å². The van der Waals surface area contributed by atoms with Gasteiger partial charge in [-0.15, -0.1) is 11.3 Å². The number of hydrogen-bond acceptors (Lipinski definition) is 6. The van der Waals surface area contributed by atoms with Crippen molar-refractivity contribution >= 4 is 44.6 Å². The van der Waals surface area contributed by atoms with Gasteiger partial charge in [-0.1, -0.05) is 61.2 Å². The maximum Gasteiger partial charge on any atom is 0.289 e. The molecule has 1 heterocycles. The maximum atomic E-state index is 13.9. The highest BCUT2D eigenvalue weighted by Crippen LogP contribution is 2.32. The number of nitrogens with zero attached hydrogens (tertiary/aromatic N) is 3. The molecule has 38 heavy (non-hydrogen) atoms. The van der Waals surface area contributed by atoms with Gasteiger partial charge in [-0.3, -0.25) is 14.9 Å². The SMILES string of the molecule is Cc1ccsc1CN(Cc1ccccc1)C(=O)CN(C1CCCCC1)S(=O)(=O)c1ccc(Cl)c([N+](=O)[O-])c1. The van der Waals surface area contributed by atoms with Crippen LogP contribution in [0.5, 0.6) is 0 Å². The highest BCUT2D eigenvalue weighted by molar-refractivity contribution is 7.89. The summed E-state index contributed by atoms with van der Waals surface area (Å²) in [6.07, 6.45) is 3.97. The lowest BCUT2D eigenvalue weighted by molar-refractivity contribution is -0.384. The molecule has 1 fully saturated rings. The van der Waals surface area contributed by atoms with E-state index < -0.39 is 20.6 Å². The highest BCUT2D eigenvalue weighted by atomic mass is 35.5. The Bertz CT molecular complexity index is 1390. The summed E-state index contributed by atoms with van der Waals surface area (Å²) >= 11 is 7.50. The van der Waals surface area contributed by atoms with Crippen LogP contribution in [0.25, 0.3) is 0 Å². The Morgan fingerprint density at radius 3 is 2.42 bits per heavy atom. The number of hydrogen-bond donors (Lipinski definition) is 0. The number of nitro groups is 1. The minimum atomic E-state index is -4.22. The molecule has 1 aromatic heterocycles. The Hall–Kier alpha value is -2.79. The van der Waals surface area contributed by atoms with E-state index in [0.717, 1.165) is 41.3 Å². The summed E-state index contributed by atoms with van der Waals surface area (Å²) in [5.74, 6) is -0.320. The summed E-state index contributed by atoms with van der Waals surface area (Å²) in [5, 5.41) is 13.3. The number of nitro benzene ring substituents is 1. The molecular formula is C27H30ClN3O5S2. The summed E-state index contributed by atoms with van der Waals surface area (Å²) in [7, 11) is -4.22. The van der Waals surface area contributed by atoms with Crippen LogP contribution in [0.3, 0.4) is 0 Å². The molecule has 0 radical (unpaired) electrons. The van der Waals surface area contributed by atoms with Crippen LogP contribution in [-0.4, -0.2) is 41.0 Å². The largest absolute Gasteiger partial charge is 0.332 e. The van der Waals surface area contributed by atoms with Gasteiger partial charge in [0.2, 0.25) is 15.9 Å². The van der Waals surface area contributed by atoms with Crippen LogP contribution in [0, 0.1) is 17.0 Å². The average molecular weight is 576 g/mol. The molecule has 1 aliphatic carbocycles. The Kier molecular flexibility index (Phi) is 9.19. The van der Waals surface area contributed by atoms with Crippen LogP contribution in [0.1, 0.15) is 48.1 Å². The second-order valence-electron chi connectivity index (χ2n) is 9.47. The van der Waals surface area contributed by atoms with Crippen molar-refractivity contribution in [3.63, 3.8) is 0 Å². The average Bonchev–Trinajstić information content (AvgIpc) is 3.31. The van der Waals surface area contributed by atoms with Gasteiger partial charge in [0.25, 0.3) is 5.69 Å². The number of amides is 1. The van der Waals surface area contributed by atoms with Crippen molar-refractivity contribution in [3.05, 3.63) is 91.1 Å². The standard InChI is InChI=1S/C27H30ClN3O5S2/c1-20-14-15-37-26(20)18-29(17-21-8-4-2-5-9-21)27(32)19-30(22-10-6-3-7-11-22)38(35,36)23-12-13-24(28)25(16-23)31(33)34/h2,4-5,8-9,12-16,22H,3,6-7,10-11,17-19H2,1H3. The molecule has 0 spiro atoms. The van der Waals surface area contributed by atoms with Crippen molar-refractivity contribution in [1.29, 1.82) is 0 Å². The van der Waals surface area contributed by atoms with E-state index in [1.54, 1.807) is 16.2 Å². The van der Waals surface area contributed by atoms with E-state index in [9.17, 15) is 23.3 Å². The molecule has 0 aliphatic heterocycles. The molecule has 11 heteroatoms. The zero-order valence-corrected chi connectivity index (χ0v) is 23.5. The van der Waals surface area contributed by atoms with Gasteiger partial charge in [0, 0.05) is 23.5 Å². The molecule has 0 N–H and O–H groups in total. The predicted molar refractivity (Wildman–Crippen MR) is 149 cm³/mol. The molecule has 8 nitrogen and oxygen atoms in total. The molecule has 2 aromatic carbocycles. The molecule has 4 rings (SSSR count). The summed E-state index contributed by atoms with van der Waals surface area (Å²) in [5.41, 5.74) is 1.53. The molecular weight excluding hydrogens is 546 g/mol. The molecule has 0 bridgehead atoms. The van der Waals surface area contributed by atoms with Crippen LogP contribution < -0.4 is 0 Å². The minimum Gasteiger partial charge on any atom is -0.332 e. The van der Waals surface area contributed by atoms with Crippen LogP contribution in [0.4, 0.5) is 5.69 Å². The number of thiophene rings is 1. The number of carbonyl (C=O) groups excluding carboxylic acids is 1. The highest BCUT2D eigenvalue weighted by Gasteiger charge is 2.36. The fourth-order valence-electron chi connectivity index (χ4n) is 4.72. The number of halogens is 1. The van der Waals surface area contributed by atoms with E-state index in [1.165, 1.54) is 16.4 Å². The molecule has 1 aliphatic rings. The predicted octanol–water partition coefficient (Wildman–Crippen LogP) is 6.17. The summed E-state index contributed by atoms with van der Waals surface area (Å²) in [6, 6.07) is 14.7. The maximum absolute atomic E-state index is 13.9. The number of carbonyl (C=O) groups is 1. The first-order valence-corrected chi connectivity index (χ1v) is 15.2. The number of aryl methyl sites for hydroxylation is 1. The minimum absolute atomic E-state index is 0.144. The molecule has 1 amide bonds. The van der Waals surface area contributed by atoms with Gasteiger partial charge in [-0.05, 0) is 54.5 Å². The fraction of sp³-hybridized carbons (Fsp3) is 0.370. The Labute approximate surface area is 232 Å². The van der Waals surface area contributed by atoms with Gasteiger partial charge in [0.05, 0.1) is 22.9 Å². The molecule has 3 aromatic rings. The third kappa shape index (κ3) is 6.61. The van der Waals surface area contributed by atoms with Crippen LogP contribution in [0.15, 0.2) is 64.9 Å². The van der Waals surface area contributed by atoms with Crippen LogP contribution >= 0.6 is 22.9 Å². The molecule has 0 saturated heterocycles. The first-order valence-electron chi connectivity index (χ1n) is 12.5. The van der Waals surface area contributed by atoms with Gasteiger partial charge < -0.3 is 4.90 Å². The smallest absolute Gasteiger partial charge is 0.289 e. The van der Waals surface area contributed by atoms with Crippen LogP contribution in [-0.2, 0) is 27.9 Å². The van der Waals surface area contributed by atoms with Crippen molar-refractivity contribution in [1.82, 2.24) is 9.21 Å². The lowest BCUT2D eigenvalue weighted by atomic mass is 9.95. The van der Waals surface area contributed by atoms with Gasteiger partial charge in [-0.25, -0.2) is 8.42 Å². The second kappa shape index (κ2) is 12.4. The molecule has 202 valence electrons. The van der Waals surface area contributed by atoms with Gasteiger partial charge in [-0.2, -0.15) is 4.31 Å². The Morgan fingerprint density at radius 1 is 1.08 bits per heavy atom. The van der Waals surface area contributed by atoms with Gasteiger partial charge >= 0.3 is 0 Å². The lowest BCUT2D eigenvalue weighted by Gasteiger charge is -2.34. The summed E-state index contributed by atoms with van der Waals surface area (Å²) < 4.78 is 29.0. The lowest BCUT2D eigenvalue weighted by Crippen LogP contribution is -2.47. The van der Waals surface area contributed by atoms with Crippen molar-refractivity contribution in [3.8, 4) is 0 Å².